The van der Waals surface area contributed by atoms with Gasteiger partial charge in [-0.1, -0.05) is 0 Å². The van der Waals surface area contributed by atoms with Crippen molar-refractivity contribution in [2.24, 2.45) is 0 Å². The van der Waals surface area contributed by atoms with Crippen molar-refractivity contribution >= 4 is 53.4 Å². The van der Waals surface area contributed by atoms with Crippen LogP contribution in [0.2, 0.25) is 0 Å². The van der Waals surface area contributed by atoms with Gasteiger partial charge in [0.2, 0.25) is 0 Å². The third kappa shape index (κ3) is 1600. The maximum atomic E-state index is 9.10. The van der Waals surface area contributed by atoms with Crippen molar-refractivity contribution < 1.29 is 78.7 Å². The van der Waals surface area contributed by atoms with Crippen LogP contribution in [-0.4, -0.2) is 82.7 Å². The fourth-order valence-electron chi connectivity index (χ4n) is 0. The Hall–Kier alpha value is 1.77. The van der Waals surface area contributed by atoms with Gasteiger partial charge in [-0.2, -0.15) is 0 Å². The van der Waals surface area contributed by atoms with E-state index in [2.05, 4.69) is 0 Å². The van der Waals surface area contributed by atoms with Crippen LogP contribution in [0.15, 0.2) is 0 Å². The van der Waals surface area contributed by atoms with Crippen molar-refractivity contribution in [3.8, 4) is 0 Å². The Balaban J connectivity index is -0.0000000447. The minimum atomic E-state index is -6.87. The van der Waals surface area contributed by atoms with Crippen LogP contribution in [0.25, 0.3) is 0 Å². The third-order valence-corrected chi connectivity index (χ3v) is 0. The number of hydrogen-bond acceptors (Lipinski definition) is 5. The summed E-state index contributed by atoms with van der Waals surface area (Å²) < 4.78 is 55.9. The molecule has 10 N–H and O–H groups in total. The molecule has 0 fully saturated rings. The molecule has 0 saturated heterocycles. The van der Waals surface area contributed by atoms with E-state index in [0.717, 1.165) is 0 Å². The Labute approximate surface area is 131 Å². The Bertz CT molecular complexity index is 279. The zero-order chi connectivity index (χ0) is 14.4. The SMILES string of the molecule is O=P(O)(O)O.O=P([O-])(O)O.[Ca+2].[OH-].[O]=[Mo]([OH])([OH])([OH])[OH]. The predicted molar refractivity (Wildman–Crippen MR) is 43.6 cm³/mol. The monoisotopic (exact) mass is 434 g/mol. The van der Waals surface area contributed by atoms with Crippen molar-refractivity contribution in [1.82, 2.24) is 0 Å². The maximum absolute atomic E-state index is 9.10. The number of hydrogen-bond donors (Lipinski definition) is 9. The zero-order valence-corrected chi connectivity index (χ0v) is 14.1. The second-order valence-electron chi connectivity index (χ2n) is 1.79. The molecular formula is H10CaMoO14P2. The Morgan fingerprint density at radius 1 is 0.833 bits per heavy atom. The molecular weight excluding hydrogens is 422 g/mol. The van der Waals surface area contributed by atoms with E-state index < -0.39 is 31.9 Å². The van der Waals surface area contributed by atoms with Crippen LogP contribution in [0.1, 0.15) is 0 Å². The van der Waals surface area contributed by atoms with Crippen molar-refractivity contribution in [3.63, 3.8) is 0 Å². The second kappa shape index (κ2) is 10.5. The molecule has 14 nitrogen and oxygen atoms in total. The van der Waals surface area contributed by atoms with Crippen molar-refractivity contribution in [2.45, 2.75) is 0 Å². The Kier molecular flexibility index (Phi) is 18.6. The predicted octanol–water partition coefficient (Wildman–Crippen LogP) is -5.40. The van der Waals surface area contributed by atoms with Crippen LogP contribution in [0.3, 0.4) is 0 Å². The van der Waals surface area contributed by atoms with E-state index in [1.165, 1.54) is 0 Å². The van der Waals surface area contributed by atoms with Crippen LogP contribution in [0.4, 0.5) is 0 Å². The molecule has 0 aromatic heterocycles. The van der Waals surface area contributed by atoms with E-state index in [-0.39, 0.29) is 43.2 Å². The zero-order valence-electron chi connectivity index (χ0n) is 8.11. The summed E-state index contributed by atoms with van der Waals surface area (Å²) in [6.07, 6.45) is 0. The molecule has 18 heteroatoms. The van der Waals surface area contributed by atoms with Gasteiger partial charge < -0.3 is 34.8 Å². The molecule has 0 aliphatic heterocycles. The topological polar surface area (TPSA) is 286 Å². The molecule has 0 amide bonds. The molecule has 112 valence electrons. The molecule has 0 saturated carbocycles. The van der Waals surface area contributed by atoms with E-state index in [1.54, 1.807) is 0 Å². The summed E-state index contributed by atoms with van der Waals surface area (Å²) in [5, 5.41) is 0. The molecule has 0 bridgehead atoms. The first-order valence-electron chi connectivity index (χ1n) is 2.44. The average Bonchev–Trinajstić information content (AvgIpc) is 1.37. The molecule has 0 aliphatic carbocycles. The van der Waals surface area contributed by atoms with E-state index in [9.17, 15) is 0 Å². The van der Waals surface area contributed by atoms with Crippen molar-refractivity contribution in [1.29, 1.82) is 0 Å². The van der Waals surface area contributed by atoms with Gasteiger partial charge in [-0.05, 0) is 0 Å². The van der Waals surface area contributed by atoms with Crippen molar-refractivity contribution in [2.75, 3.05) is 0 Å². The molecule has 0 spiro atoms. The van der Waals surface area contributed by atoms with Crippen molar-refractivity contribution in [3.05, 3.63) is 0 Å². The van der Waals surface area contributed by atoms with E-state index in [4.69, 9.17) is 56.9 Å². The summed E-state index contributed by atoms with van der Waals surface area (Å²) in [4.78, 5) is 44.5. The molecule has 0 heterocycles. The summed E-state index contributed by atoms with van der Waals surface area (Å²) >= 11 is -6.87. The fraction of sp³-hybridized carbons (Fsp3) is 0. The second-order valence-corrected chi connectivity index (χ2v) is 7.67. The van der Waals surface area contributed by atoms with Gasteiger partial charge in [0.05, 0.1) is 0 Å². The van der Waals surface area contributed by atoms with Gasteiger partial charge in [-0.3, -0.25) is 4.57 Å². The Morgan fingerprint density at radius 3 is 0.833 bits per heavy atom. The first kappa shape index (κ1) is 31.9. The van der Waals surface area contributed by atoms with Crippen LogP contribution in [-0.2, 0) is 28.8 Å². The fourth-order valence-corrected chi connectivity index (χ4v) is 0. The van der Waals surface area contributed by atoms with Crippen LogP contribution >= 0.6 is 15.6 Å². The summed E-state index contributed by atoms with van der Waals surface area (Å²) in [6.45, 7) is 0. The molecule has 0 aromatic carbocycles. The van der Waals surface area contributed by atoms with Crippen LogP contribution < -0.4 is 4.89 Å². The average molecular weight is 432 g/mol. The van der Waals surface area contributed by atoms with Crippen LogP contribution in [0, 0.1) is 0 Å². The molecule has 0 aliphatic rings. The first-order valence-corrected chi connectivity index (χ1v) is 9.95. The molecule has 0 unspecified atom stereocenters. The standard InChI is InChI=1S/Ca.Mo.2H3O4P.5H2O.O/c;;2*1-5(2,3)4;;;;;;/h;;2*(H3,1,2,3,4);5*1H2;/q+2;+4;;;;;;;;/p-6. The Morgan fingerprint density at radius 2 is 0.833 bits per heavy atom. The summed E-state index contributed by atoms with van der Waals surface area (Å²) in [5.74, 6) is 0. The molecule has 0 atom stereocenters. The molecule has 0 aromatic rings. The number of phosphoric acid groups is 2. The molecule has 0 rings (SSSR count). The number of rotatable bonds is 0. The summed E-state index contributed by atoms with van der Waals surface area (Å²) in [5.41, 5.74) is 0. The summed E-state index contributed by atoms with van der Waals surface area (Å²) in [6, 6.07) is 0. The molecule has 0 radical (unpaired) electrons. The van der Waals surface area contributed by atoms with Gasteiger partial charge in [0.1, 0.15) is 0 Å². The molecule has 18 heavy (non-hydrogen) atoms. The van der Waals surface area contributed by atoms with E-state index in [0.29, 0.717) is 0 Å². The van der Waals surface area contributed by atoms with Crippen LogP contribution in [0.5, 0.6) is 0 Å². The quantitative estimate of drug-likeness (QED) is 0.128. The first-order chi connectivity index (χ1) is 6.24. The van der Waals surface area contributed by atoms with Gasteiger partial charge in [-0.25, -0.2) is 4.57 Å². The van der Waals surface area contributed by atoms with Gasteiger partial charge in [-0.15, -0.1) is 0 Å². The van der Waals surface area contributed by atoms with Gasteiger partial charge >= 0.3 is 80.3 Å². The minimum absolute atomic E-state index is 0. The van der Waals surface area contributed by atoms with Gasteiger partial charge in [0.25, 0.3) is 7.82 Å². The normalized spacial score (nSPS) is 12.9. The van der Waals surface area contributed by atoms with Gasteiger partial charge in [0.15, 0.2) is 0 Å². The van der Waals surface area contributed by atoms with E-state index >= 15 is 0 Å². The summed E-state index contributed by atoms with van der Waals surface area (Å²) in [7, 11) is -9.53. The van der Waals surface area contributed by atoms with E-state index in [1.807, 2.05) is 0 Å². The van der Waals surface area contributed by atoms with Gasteiger partial charge in [0, 0.05) is 0 Å². The third-order valence-electron chi connectivity index (χ3n) is 0.